The van der Waals surface area contributed by atoms with Gasteiger partial charge in [-0.1, -0.05) is 13.8 Å². The first-order chi connectivity index (χ1) is 11.8. The van der Waals surface area contributed by atoms with Crippen LogP contribution in [-0.2, 0) is 24.0 Å². The Bertz CT molecular complexity index is 487. The van der Waals surface area contributed by atoms with Crippen LogP contribution in [0.2, 0.25) is 0 Å². The predicted octanol–water partition coefficient (Wildman–Crippen LogP) is 0.491. The third-order valence-electron chi connectivity index (χ3n) is 4.80. The Balaban J connectivity index is 3.29. The van der Waals surface area contributed by atoms with E-state index in [-0.39, 0.29) is 19.4 Å². The lowest BCUT2D eigenvalue weighted by Gasteiger charge is -2.44. The smallest absolute Gasteiger partial charge is 0.337 e. The second-order valence-corrected chi connectivity index (χ2v) is 5.98. The zero-order chi connectivity index (χ0) is 19.1. The average molecular weight is 360 g/mol. The fourth-order valence-electron chi connectivity index (χ4n) is 3.37. The van der Waals surface area contributed by atoms with Crippen molar-refractivity contribution in [3.05, 3.63) is 0 Å². The molecule has 144 valence electrons. The van der Waals surface area contributed by atoms with E-state index in [9.17, 15) is 24.6 Å². The molecule has 0 saturated carbocycles. The Morgan fingerprint density at radius 2 is 1.64 bits per heavy atom. The lowest BCUT2D eigenvalue weighted by molar-refractivity contribution is -0.232. The van der Waals surface area contributed by atoms with Gasteiger partial charge in [-0.25, -0.2) is 9.59 Å². The lowest BCUT2D eigenvalue weighted by atomic mass is 9.66. The summed E-state index contributed by atoms with van der Waals surface area (Å²) in [6, 6.07) is 0. The van der Waals surface area contributed by atoms with Gasteiger partial charge in [0, 0.05) is 32.8 Å². The number of hydroxylamine groups is 2. The number of carbonyl (C=O) groups excluding carboxylic acids is 1. The molecule has 0 spiro atoms. The van der Waals surface area contributed by atoms with Crippen LogP contribution in [0.1, 0.15) is 40.0 Å². The van der Waals surface area contributed by atoms with Gasteiger partial charge in [0.2, 0.25) is 0 Å². The molecule has 0 aliphatic carbocycles. The Labute approximate surface area is 147 Å². The topological polar surface area (TPSA) is 125 Å². The summed E-state index contributed by atoms with van der Waals surface area (Å²) in [5.41, 5.74) is -3.81. The van der Waals surface area contributed by atoms with Crippen LogP contribution in [0.5, 0.6) is 0 Å². The van der Waals surface area contributed by atoms with Crippen LogP contribution >= 0.6 is 0 Å². The summed E-state index contributed by atoms with van der Waals surface area (Å²) >= 11 is 0. The van der Waals surface area contributed by atoms with Crippen LogP contribution in [0.25, 0.3) is 0 Å². The van der Waals surface area contributed by atoms with Crippen LogP contribution in [0.3, 0.4) is 0 Å². The molecule has 1 rings (SSSR count). The van der Waals surface area contributed by atoms with Crippen molar-refractivity contribution in [2.45, 2.75) is 45.6 Å². The van der Waals surface area contributed by atoms with Gasteiger partial charge in [0.05, 0.1) is 6.42 Å². The normalized spacial score (nSPS) is 18.4. The minimum Gasteiger partial charge on any atom is -0.481 e. The number of nitrogens with one attached hydrogen (secondary N) is 1. The number of rotatable bonds is 10. The molecule has 25 heavy (non-hydrogen) atoms. The van der Waals surface area contributed by atoms with E-state index in [1.165, 1.54) is 5.06 Å². The van der Waals surface area contributed by atoms with E-state index in [0.717, 1.165) is 0 Å². The summed E-state index contributed by atoms with van der Waals surface area (Å²) in [4.78, 5) is 41.9. The number of hydrogen-bond acceptors (Lipinski definition) is 7. The molecule has 1 heterocycles. The molecule has 0 aromatic rings. The van der Waals surface area contributed by atoms with Gasteiger partial charge in [-0.15, -0.1) is 5.06 Å². The molecule has 0 aromatic carbocycles. The summed E-state index contributed by atoms with van der Waals surface area (Å²) < 4.78 is 5.45. The van der Waals surface area contributed by atoms with Crippen molar-refractivity contribution in [2.24, 2.45) is 5.41 Å². The van der Waals surface area contributed by atoms with E-state index >= 15 is 0 Å². The molecule has 0 radical (unpaired) electrons. The van der Waals surface area contributed by atoms with Gasteiger partial charge in [-0.3, -0.25) is 4.79 Å². The zero-order valence-corrected chi connectivity index (χ0v) is 15.0. The molecule has 0 bridgehead atoms. The van der Waals surface area contributed by atoms with E-state index < -0.39 is 35.3 Å². The quantitative estimate of drug-likeness (QED) is 0.510. The van der Waals surface area contributed by atoms with Gasteiger partial charge in [-0.2, -0.15) is 0 Å². The third-order valence-corrected chi connectivity index (χ3v) is 4.80. The van der Waals surface area contributed by atoms with Crippen molar-refractivity contribution >= 4 is 17.9 Å². The largest absolute Gasteiger partial charge is 0.481 e. The highest BCUT2D eigenvalue weighted by Crippen LogP contribution is 2.45. The fourth-order valence-corrected chi connectivity index (χ4v) is 3.37. The van der Waals surface area contributed by atoms with Crippen LogP contribution in [0.4, 0.5) is 0 Å². The molecule has 9 heteroatoms. The molecule has 0 amide bonds. The van der Waals surface area contributed by atoms with Crippen LogP contribution in [0.15, 0.2) is 0 Å². The van der Waals surface area contributed by atoms with Gasteiger partial charge in [0.15, 0.2) is 5.60 Å². The molecule has 1 saturated heterocycles. The van der Waals surface area contributed by atoms with Crippen LogP contribution < -0.4 is 5.32 Å². The van der Waals surface area contributed by atoms with Gasteiger partial charge in [-0.05, 0) is 19.8 Å². The number of aliphatic carboxylic acids is 2. The maximum Gasteiger partial charge on any atom is 0.337 e. The van der Waals surface area contributed by atoms with E-state index in [0.29, 0.717) is 26.2 Å². The maximum atomic E-state index is 13.0. The Kier molecular flexibility index (Phi) is 7.78. The van der Waals surface area contributed by atoms with Gasteiger partial charge in [0.25, 0.3) is 0 Å². The van der Waals surface area contributed by atoms with E-state index in [4.69, 9.17) is 9.57 Å². The van der Waals surface area contributed by atoms with Gasteiger partial charge in [0.1, 0.15) is 5.41 Å². The molecule has 1 aliphatic heterocycles. The van der Waals surface area contributed by atoms with Crippen molar-refractivity contribution < 1.29 is 34.2 Å². The van der Waals surface area contributed by atoms with Gasteiger partial charge < -0.3 is 25.1 Å². The van der Waals surface area contributed by atoms with E-state index in [1.807, 2.05) is 0 Å². The summed E-state index contributed by atoms with van der Waals surface area (Å²) in [5, 5.41) is 23.7. The number of hydrogen-bond donors (Lipinski definition) is 3. The number of carboxylic acid groups (broad SMARTS) is 2. The van der Waals surface area contributed by atoms with E-state index in [1.54, 1.807) is 20.8 Å². The highest BCUT2D eigenvalue weighted by molar-refractivity contribution is 5.93. The number of ether oxygens (including phenoxy) is 1. The maximum absolute atomic E-state index is 13.0. The standard InChI is InChI=1S/C16H28N2O7/c1-4-15(5-2,14(23)25-18-9-7-17-8-10-18)16(13(21)22,24-6-3)11-12(19)20/h17H,4-11H2,1-3H3,(H,19,20)(H,21,22). The molecule has 1 aliphatic rings. The Morgan fingerprint density at radius 3 is 2.04 bits per heavy atom. The molecular formula is C16H28N2O7. The first-order valence-corrected chi connectivity index (χ1v) is 8.56. The molecule has 9 nitrogen and oxygen atoms in total. The SMILES string of the molecule is CCOC(CC(=O)O)(C(=O)O)C(CC)(CC)C(=O)ON1CCNCC1. The summed E-state index contributed by atoms with van der Waals surface area (Å²) in [6.45, 7) is 7.04. The van der Waals surface area contributed by atoms with Crippen LogP contribution in [-0.4, -0.2) is 71.6 Å². The number of carbonyl (C=O) groups is 3. The van der Waals surface area contributed by atoms with Crippen molar-refractivity contribution in [1.29, 1.82) is 0 Å². The van der Waals surface area contributed by atoms with Crippen molar-refractivity contribution in [2.75, 3.05) is 32.8 Å². The van der Waals surface area contributed by atoms with Crippen molar-refractivity contribution in [1.82, 2.24) is 10.4 Å². The first-order valence-electron chi connectivity index (χ1n) is 8.56. The minimum absolute atomic E-state index is 0.0394. The summed E-state index contributed by atoms with van der Waals surface area (Å²) in [6.07, 6.45) is -0.670. The number of piperazine rings is 1. The highest BCUT2D eigenvalue weighted by atomic mass is 16.7. The first kappa shape index (κ1) is 21.3. The Morgan fingerprint density at radius 1 is 1.08 bits per heavy atom. The van der Waals surface area contributed by atoms with Crippen molar-refractivity contribution in [3.63, 3.8) is 0 Å². The molecule has 3 N–H and O–H groups in total. The second-order valence-electron chi connectivity index (χ2n) is 5.98. The lowest BCUT2D eigenvalue weighted by Crippen LogP contribution is -2.62. The molecule has 1 fully saturated rings. The number of nitrogens with zero attached hydrogens (tertiary/aromatic N) is 1. The van der Waals surface area contributed by atoms with Gasteiger partial charge >= 0.3 is 17.9 Å². The molecular weight excluding hydrogens is 332 g/mol. The number of carboxylic acids is 2. The molecule has 1 unspecified atom stereocenters. The predicted molar refractivity (Wildman–Crippen MR) is 87.8 cm³/mol. The summed E-state index contributed by atoms with van der Waals surface area (Å²) in [5.74, 6) is -3.59. The Hall–Kier alpha value is -1.71. The molecule has 1 atom stereocenters. The minimum atomic E-state index is -2.19. The van der Waals surface area contributed by atoms with Crippen molar-refractivity contribution in [3.8, 4) is 0 Å². The summed E-state index contributed by atoms with van der Waals surface area (Å²) in [7, 11) is 0. The molecule has 0 aromatic heterocycles. The monoisotopic (exact) mass is 360 g/mol. The third kappa shape index (κ3) is 4.28. The van der Waals surface area contributed by atoms with E-state index in [2.05, 4.69) is 5.32 Å². The highest BCUT2D eigenvalue weighted by Gasteiger charge is 2.63. The fraction of sp³-hybridized carbons (Fsp3) is 0.812. The second kappa shape index (κ2) is 9.12. The van der Waals surface area contributed by atoms with Crippen LogP contribution in [0, 0.1) is 5.41 Å². The average Bonchev–Trinajstić information content (AvgIpc) is 2.56. The zero-order valence-electron chi connectivity index (χ0n) is 15.0.